The van der Waals surface area contributed by atoms with Crippen molar-refractivity contribution in [3.05, 3.63) is 53.8 Å². The number of para-hydroxylation sites is 1. The number of fused-ring (bicyclic) bond motifs is 3. The third-order valence-corrected chi connectivity index (χ3v) is 4.90. The Morgan fingerprint density at radius 3 is 2.52 bits per heavy atom. The van der Waals surface area contributed by atoms with Gasteiger partial charge in [0.2, 0.25) is 0 Å². The van der Waals surface area contributed by atoms with Crippen LogP contribution in [0.25, 0.3) is 27.9 Å². The summed E-state index contributed by atoms with van der Waals surface area (Å²) in [5.74, 6) is 0.106. The van der Waals surface area contributed by atoms with Gasteiger partial charge in [0.05, 0.1) is 0 Å². The van der Waals surface area contributed by atoms with E-state index in [1.807, 2.05) is 19.1 Å². The number of rotatable bonds is 3. The number of aromatic nitrogens is 1. The Hall–Kier alpha value is -2.66. The van der Waals surface area contributed by atoms with Crippen LogP contribution in [0.4, 0.5) is 0 Å². The second kappa shape index (κ2) is 6.01. The van der Waals surface area contributed by atoms with Crippen LogP contribution in [0.5, 0.6) is 0 Å². The Kier molecular flexibility index (Phi) is 3.81. The number of nitrogens with zero attached hydrogens (tertiary/aromatic N) is 2. The highest BCUT2D eigenvalue weighted by molar-refractivity contribution is 7.80. The standard InChI is InChI=1S/C20H18N2O2S/c1-3-21-16-8-6-5-7-14(16)15-11-13(9-10-17(15)21)12-18-19(23)22(4-2)20(25)24-18/h5-12H,3-4H2,1-2H3. The molecule has 0 spiro atoms. The number of amides is 1. The van der Waals surface area contributed by atoms with Gasteiger partial charge in [0, 0.05) is 34.9 Å². The van der Waals surface area contributed by atoms with Gasteiger partial charge in [-0.2, -0.15) is 0 Å². The van der Waals surface area contributed by atoms with E-state index in [1.54, 1.807) is 6.08 Å². The van der Waals surface area contributed by atoms with Gasteiger partial charge in [-0.3, -0.25) is 9.69 Å². The van der Waals surface area contributed by atoms with E-state index in [-0.39, 0.29) is 16.8 Å². The quantitative estimate of drug-likeness (QED) is 0.521. The summed E-state index contributed by atoms with van der Waals surface area (Å²) < 4.78 is 7.77. The molecule has 5 heteroatoms. The Labute approximate surface area is 151 Å². The summed E-state index contributed by atoms with van der Waals surface area (Å²) in [6.45, 7) is 5.44. The Bertz CT molecular complexity index is 1050. The van der Waals surface area contributed by atoms with Gasteiger partial charge in [-0.05, 0) is 55.9 Å². The average molecular weight is 350 g/mol. The Morgan fingerprint density at radius 2 is 1.80 bits per heavy atom. The maximum absolute atomic E-state index is 12.3. The molecule has 0 aliphatic carbocycles. The molecule has 0 radical (unpaired) electrons. The molecule has 1 saturated heterocycles. The van der Waals surface area contributed by atoms with Crippen molar-refractivity contribution in [3.8, 4) is 0 Å². The minimum atomic E-state index is -0.177. The number of carbonyl (C=O) groups is 1. The molecule has 0 atom stereocenters. The largest absolute Gasteiger partial charge is 0.426 e. The van der Waals surface area contributed by atoms with Crippen molar-refractivity contribution in [1.29, 1.82) is 0 Å². The molecule has 2 heterocycles. The van der Waals surface area contributed by atoms with Crippen molar-refractivity contribution in [3.63, 3.8) is 0 Å². The van der Waals surface area contributed by atoms with Gasteiger partial charge in [-0.1, -0.05) is 24.3 Å². The summed E-state index contributed by atoms with van der Waals surface area (Å²) in [4.78, 5) is 13.8. The van der Waals surface area contributed by atoms with Crippen LogP contribution in [0.2, 0.25) is 0 Å². The molecule has 0 N–H and O–H groups in total. The fraction of sp³-hybridized carbons (Fsp3) is 0.200. The van der Waals surface area contributed by atoms with Crippen LogP contribution < -0.4 is 0 Å². The molecule has 0 bridgehead atoms. The molecule has 2 aromatic carbocycles. The van der Waals surface area contributed by atoms with Crippen LogP contribution in [-0.2, 0) is 16.1 Å². The number of carbonyl (C=O) groups excluding carboxylic acids is 1. The predicted molar refractivity (Wildman–Crippen MR) is 104 cm³/mol. The molecule has 1 aromatic heterocycles. The van der Waals surface area contributed by atoms with Crippen molar-refractivity contribution in [2.24, 2.45) is 0 Å². The maximum Gasteiger partial charge on any atom is 0.297 e. The lowest BCUT2D eigenvalue weighted by Gasteiger charge is -2.06. The summed E-state index contributed by atoms with van der Waals surface area (Å²) in [7, 11) is 0. The van der Waals surface area contributed by atoms with E-state index in [0.717, 1.165) is 12.1 Å². The summed E-state index contributed by atoms with van der Waals surface area (Å²) >= 11 is 5.11. The van der Waals surface area contributed by atoms with Gasteiger partial charge in [0.15, 0.2) is 5.76 Å². The van der Waals surface area contributed by atoms with Gasteiger partial charge in [-0.25, -0.2) is 0 Å². The second-order valence-corrected chi connectivity index (χ2v) is 6.31. The molecule has 4 nitrogen and oxygen atoms in total. The maximum atomic E-state index is 12.3. The van der Waals surface area contributed by atoms with E-state index >= 15 is 0 Å². The van der Waals surface area contributed by atoms with Crippen LogP contribution in [0.3, 0.4) is 0 Å². The molecule has 126 valence electrons. The molecule has 25 heavy (non-hydrogen) atoms. The van der Waals surface area contributed by atoms with Crippen molar-refractivity contribution in [2.75, 3.05) is 6.54 Å². The van der Waals surface area contributed by atoms with Gasteiger partial charge in [-0.15, -0.1) is 0 Å². The second-order valence-electron chi connectivity index (χ2n) is 5.96. The van der Waals surface area contributed by atoms with E-state index in [2.05, 4.69) is 41.8 Å². The van der Waals surface area contributed by atoms with Gasteiger partial charge in [0.25, 0.3) is 11.1 Å². The van der Waals surface area contributed by atoms with E-state index < -0.39 is 0 Å². The van der Waals surface area contributed by atoms with Crippen LogP contribution in [0, 0.1) is 0 Å². The number of hydrogen-bond donors (Lipinski definition) is 0. The monoisotopic (exact) mass is 350 g/mol. The lowest BCUT2D eigenvalue weighted by atomic mass is 10.1. The normalized spacial score (nSPS) is 16.4. The first-order chi connectivity index (χ1) is 12.1. The molecule has 0 unspecified atom stereocenters. The number of ether oxygens (including phenoxy) is 1. The highest BCUT2D eigenvalue weighted by Gasteiger charge is 2.31. The SMILES string of the molecule is CCN1C(=O)C(=Cc2ccc3c(c2)c2ccccc2n3CC)OC1=S. The van der Waals surface area contributed by atoms with E-state index in [0.29, 0.717) is 6.54 Å². The van der Waals surface area contributed by atoms with Crippen molar-refractivity contribution in [1.82, 2.24) is 9.47 Å². The number of hydrogen-bond acceptors (Lipinski definition) is 3. The van der Waals surface area contributed by atoms with Crippen LogP contribution in [0.1, 0.15) is 19.4 Å². The minimum Gasteiger partial charge on any atom is -0.426 e. The van der Waals surface area contributed by atoms with Crippen LogP contribution in [0.15, 0.2) is 48.2 Å². The van der Waals surface area contributed by atoms with Crippen molar-refractivity contribution < 1.29 is 9.53 Å². The zero-order chi connectivity index (χ0) is 17.6. The molecule has 1 aliphatic heterocycles. The van der Waals surface area contributed by atoms with Gasteiger partial charge in [0.1, 0.15) is 0 Å². The molecule has 1 amide bonds. The van der Waals surface area contributed by atoms with Gasteiger partial charge >= 0.3 is 0 Å². The fourth-order valence-electron chi connectivity index (χ4n) is 3.43. The van der Waals surface area contributed by atoms with E-state index in [4.69, 9.17) is 17.0 Å². The number of thiocarbonyl (C=S) groups is 1. The number of aryl methyl sites for hydroxylation is 1. The fourth-order valence-corrected chi connectivity index (χ4v) is 3.73. The molecule has 1 fully saturated rings. The Balaban J connectivity index is 1.85. The first kappa shape index (κ1) is 15.8. The zero-order valence-corrected chi connectivity index (χ0v) is 15.0. The van der Waals surface area contributed by atoms with Gasteiger partial charge < -0.3 is 9.30 Å². The lowest BCUT2D eigenvalue weighted by Crippen LogP contribution is -2.27. The average Bonchev–Trinajstić information content (AvgIpc) is 3.08. The minimum absolute atomic E-state index is 0.177. The third kappa shape index (κ3) is 2.43. The van der Waals surface area contributed by atoms with Crippen LogP contribution >= 0.6 is 12.2 Å². The summed E-state index contributed by atoms with van der Waals surface area (Å²) in [5.41, 5.74) is 3.34. The Morgan fingerprint density at radius 1 is 1.04 bits per heavy atom. The number of likely N-dealkylation sites (N-methyl/N-ethyl adjacent to an activating group) is 1. The van der Waals surface area contributed by atoms with Crippen molar-refractivity contribution in [2.45, 2.75) is 20.4 Å². The molecular weight excluding hydrogens is 332 g/mol. The van der Waals surface area contributed by atoms with Crippen molar-refractivity contribution >= 4 is 51.2 Å². The first-order valence-electron chi connectivity index (χ1n) is 8.40. The first-order valence-corrected chi connectivity index (χ1v) is 8.81. The third-order valence-electron chi connectivity index (χ3n) is 4.60. The molecule has 0 saturated carbocycles. The topological polar surface area (TPSA) is 34.5 Å². The van der Waals surface area contributed by atoms with Crippen LogP contribution in [-0.4, -0.2) is 27.1 Å². The zero-order valence-electron chi connectivity index (χ0n) is 14.2. The summed E-state index contributed by atoms with van der Waals surface area (Å²) in [6, 6.07) is 14.6. The predicted octanol–water partition coefficient (Wildman–Crippen LogP) is 4.32. The van der Waals surface area contributed by atoms with E-state index in [1.165, 1.54) is 26.7 Å². The lowest BCUT2D eigenvalue weighted by molar-refractivity contribution is -0.122. The highest BCUT2D eigenvalue weighted by Crippen LogP contribution is 2.30. The smallest absolute Gasteiger partial charge is 0.297 e. The molecular formula is C20H18N2O2S. The number of benzene rings is 2. The van der Waals surface area contributed by atoms with E-state index in [9.17, 15) is 4.79 Å². The molecule has 1 aliphatic rings. The summed E-state index contributed by atoms with van der Waals surface area (Å²) in [5, 5.41) is 2.61. The molecule has 3 aromatic rings. The molecule has 4 rings (SSSR count). The summed E-state index contributed by atoms with van der Waals surface area (Å²) in [6.07, 6.45) is 1.77. The highest BCUT2D eigenvalue weighted by atomic mass is 32.1.